The van der Waals surface area contributed by atoms with Crippen LogP contribution in [-0.2, 0) is 12.6 Å². The van der Waals surface area contributed by atoms with Gasteiger partial charge in [-0.3, -0.25) is 0 Å². The Morgan fingerprint density at radius 1 is 1.05 bits per heavy atom. The van der Waals surface area contributed by atoms with E-state index in [-0.39, 0.29) is 5.56 Å². The predicted molar refractivity (Wildman–Crippen MR) is 79.7 cm³/mol. The van der Waals surface area contributed by atoms with Crippen molar-refractivity contribution in [1.82, 2.24) is 0 Å². The summed E-state index contributed by atoms with van der Waals surface area (Å²) in [6.07, 6.45) is -4.01. The van der Waals surface area contributed by atoms with Crippen LogP contribution in [0.25, 0.3) is 0 Å². The molecule has 112 valence electrons. The molecule has 0 aliphatic heterocycles. The van der Waals surface area contributed by atoms with Crippen LogP contribution in [0, 0.1) is 13.8 Å². The Bertz CT molecular complexity index is 632. The van der Waals surface area contributed by atoms with Gasteiger partial charge in [-0.2, -0.15) is 13.2 Å². The molecular weight excluding hydrogens is 297 g/mol. The lowest BCUT2D eigenvalue weighted by molar-refractivity contribution is -0.138. The fourth-order valence-electron chi connectivity index (χ4n) is 2.35. The first-order valence-corrected chi connectivity index (χ1v) is 7.09. The van der Waals surface area contributed by atoms with Crippen molar-refractivity contribution >= 4 is 11.6 Å². The van der Waals surface area contributed by atoms with Crippen LogP contribution >= 0.6 is 11.6 Å². The highest BCUT2D eigenvalue weighted by Gasteiger charge is 2.34. The molecule has 0 spiro atoms. The number of halogens is 4. The van der Waals surface area contributed by atoms with Crippen molar-refractivity contribution in [2.45, 2.75) is 31.8 Å². The van der Waals surface area contributed by atoms with Crippen LogP contribution in [0.15, 0.2) is 42.5 Å². The topological polar surface area (TPSA) is 0 Å². The van der Waals surface area contributed by atoms with Gasteiger partial charge >= 0.3 is 6.18 Å². The third-order valence-corrected chi connectivity index (χ3v) is 3.90. The van der Waals surface area contributed by atoms with Crippen LogP contribution in [0.2, 0.25) is 0 Å². The van der Waals surface area contributed by atoms with E-state index in [9.17, 15) is 13.2 Å². The highest BCUT2D eigenvalue weighted by Crippen LogP contribution is 2.38. The second-order valence-electron chi connectivity index (χ2n) is 5.19. The quantitative estimate of drug-likeness (QED) is 0.624. The molecule has 0 saturated heterocycles. The average Bonchev–Trinajstić information content (AvgIpc) is 2.42. The van der Waals surface area contributed by atoms with Crippen molar-refractivity contribution in [3.63, 3.8) is 0 Å². The van der Waals surface area contributed by atoms with Crippen molar-refractivity contribution in [3.05, 3.63) is 70.3 Å². The molecule has 0 saturated carbocycles. The molecule has 0 nitrogen and oxygen atoms in total. The predicted octanol–water partition coefficient (Wildman–Crippen LogP) is 5.84. The van der Waals surface area contributed by atoms with E-state index in [1.807, 2.05) is 32.0 Å². The molecule has 1 unspecified atom stereocenters. The largest absolute Gasteiger partial charge is 0.416 e. The molecule has 2 aromatic rings. The highest BCUT2D eigenvalue weighted by atomic mass is 35.5. The summed E-state index contributed by atoms with van der Waals surface area (Å²) >= 11 is 6.28. The highest BCUT2D eigenvalue weighted by molar-refractivity contribution is 6.21. The van der Waals surface area contributed by atoms with Crippen molar-refractivity contribution in [2.24, 2.45) is 0 Å². The molecule has 2 rings (SSSR count). The molecule has 0 aromatic heterocycles. The average molecular weight is 313 g/mol. The summed E-state index contributed by atoms with van der Waals surface area (Å²) in [5.74, 6) is 0. The number of hydrogen-bond donors (Lipinski definition) is 0. The molecule has 0 heterocycles. The number of alkyl halides is 4. The summed E-state index contributed by atoms with van der Waals surface area (Å²) in [7, 11) is 0. The van der Waals surface area contributed by atoms with Gasteiger partial charge in [0.1, 0.15) is 0 Å². The maximum Gasteiger partial charge on any atom is 0.416 e. The monoisotopic (exact) mass is 312 g/mol. The summed E-state index contributed by atoms with van der Waals surface area (Å²) in [4.78, 5) is 0. The molecule has 0 N–H and O–H groups in total. The summed E-state index contributed by atoms with van der Waals surface area (Å²) in [5, 5.41) is -0.705. The summed E-state index contributed by atoms with van der Waals surface area (Å²) in [5.41, 5.74) is 2.56. The van der Waals surface area contributed by atoms with E-state index in [0.717, 1.165) is 22.8 Å². The lowest BCUT2D eigenvalue weighted by Crippen LogP contribution is -2.11. The van der Waals surface area contributed by atoms with Gasteiger partial charge in [0.2, 0.25) is 0 Å². The standard InChI is InChI=1S/C17H16ClF3/c1-11-7-8-12(2)13(9-11)10-16(18)14-5-3-4-6-15(14)17(19,20)21/h3-9,16H,10H2,1-2H3. The van der Waals surface area contributed by atoms with Crippen LogP contribution in [0.5, 0.6) is 0 Å². The van der Waals surface area contributed by atoms with Gasteiger partial charge in [-0.25, -0.2) is 0 Å². The van der Waals surface area contributed by atoms with Crippen LogP contribution in [0.1, 0.15) is 33.2 Å². The first-order valence-electron chi connectivity index (χ1n) is 6.65. The zero-order chi connectivity index (χ0) is 15.6. The van der Waals surface area contributed by atoms with Crippen molar-refractivity contribution in [2.75, 3.05) is 0 Å². The normalized spacial score (nSPS) is 13.2. The van der Waals surface area contributed by atoms with E-state index in [1.54, 1.807) is 6.07 Å². The Kier molecular flexibility index (Phi) is 4.62. The maximum absolute atomic E-state index is 13.0. The van der Waals surface area contributed by atoms with Gasteiger partial charge in [0.15, 0.2) is 0 Å². The summed E-state index contributed by atoms with van der Waals surface area (Å²) in [6, 6.07) is 11.4. The van der Waals surface area contributed by atoms with Gasteiger partial charge in [0.05, 0.1) is 10.9 Å². The Labute approximate surface area is 127 Å². The second-order valence-corrected chi connectivity index (χ2v) is 5.71. The second kappa shape index (κ2) is 6.10. The van der Waals surface area contributed by atoms with Crippen molar-refractivity contribution < 1.29 is 13.2 Å². The molecule has 21 heavy (non-hydrogen) atoms. The van der Waals surface area contributed by atoms with Crippen molar-refractivity contribution in [3.8, 4) is 0 Å². The van der Waals surface area contributed by atoms with E-state index in [2.05, 4.69) is 0 Å². The molecule has 0 radical (unpaired) electrons. The zero-order valence-electron chi connectivity index (χ0n) is 11.8. The lowest BCUT2D eigenvalue weighted by Gasteiger charge is -2.18. The Morgan fingerprint density at radius 2 is 1.71 bits per heavy atom. The third kappa shape index (κ3) is 3.79. The van der Waals surface area contributed by atoms with Gasteiger partial charge < -0.3 is 0 Å². The molecule has 0 aliphatic rings. The molecular formula is C17H16ClF3. The number of hydrogen-bond acceptors (Lipinski definition) is 0. The SMILES string of the molecule is Cc1ccc(C)c(CC(Cl)c2ccccc2C(F)(F)F)c1. The Morgan fingerprint density at radius 3 is 2.38 bits per heavy atom. The zero-order valence-corrected chi connectivity index (χ0v) is 12.6. The molecule has 0 amide bonds. The number of rotatable bonds is 3. The summed E-state index contributed by atoms with van der Waals surface area (Å²) < 4.78 is 39.1. The first kappa shape index (κ1) is 15.9. The van der Waals surface area contributed by atoms with Crippen LogP contribution < -0.4 is 0 Å². The fourth-order valence-corrected chi connectivity index (χ4v) is 2.71. The van der Waals surface area contributed by atoms with Gasteiger partial charge in [-0.15, -0.1) is 11.6 Å². The molecule has 1 atom stereocenters. The minimum absolute atomic E-state index is 0.132. The van der Waals surface area contributed by atoms with Crippen LogP contribution in [0.4, 0.5) is 13.2 Å². The van der Waals surface area contributed by atoms with Gasteiger partial charge in [-0.1, -0.05) is 42.0 Å². The van der Waals surface area contributed by atoms with E-state index >= 15 is 0 Å². The molecule has 4 heteroatoms. The van der Waals surface area contributed by atoms with E-state index < -0.39 is 17.1 Å². The van der Waals surface area contributed by atoms with Crippen molar-refractivity contribution in [1.29, 1.82) is 0 Å². The van der Waals surface area contributed by atoms with Crippen LogP contribution in [0.3, 0.4) is 0 Å². The Hall–Kier alpha value is -1.48. The van der Waals surface area contributed by atoms with E-state index in [0.29, 0.717) is 6.42 Å². The smallest absolute Gasteiger partial charge is 0.166 e. The number of benzene rings is 2. The van der Waals surface area contributed by atoms with Gasteiger partial charge in [0, 0.05) is 0 Å². The molecule has 2 aromatic carbocycles. The fraction of sp³-hybridized carbons (Fsp3) is 0.294. The molecule has 0 aliphatic carbocycles. The van der Waals surface area contributed by atoms with E-state index in [4.69, 9.17) is 11.6 Å². The van der Waals surface area contributed by atoms with E-state index in [1.165, 1.54) is 12.1 Å². The van der Waals surface area contributed by atoms with Gasteiger partial charge in [0.25, 0.3) is 0 Å². The number of aryl methyl sites for hydroxylation is 2. The lowest BCUT2D eigenvalue weighted by atomic mass is 9.96. The van der Waals surface area contributed by atoms with Gasteiger partial charge in [-0.05, 0) is 43.0 Å². The molecule has 0 bridgehead atoms. The first-order chi connectivity index (χ1) is 9.79. The van der Waals surface area contributed by atoms with Crippen LogP contribution in [-0.4, -0.2) is 0 Å². The molecule has 0 fully saturated rings. The Balaban J connectivity index is 2.33. The minimum atomic E-state index is -4.38. The summed E-state index contributed by atoms with van der Waals surface area (Å²) in [6.45, 7) is 3.89. The maximum atomic E-state index is 13.0. The minimum Gasteiger partial charge on any atom is -0.166 e. The third-order valence-electron chi connectivity index (χ3n) is 3.51.